The Morgan fingerprint density at radius 3 is 2.94 bits per heavy atom. The SMILES string of the molecule is O=CC1=CC(F)=C(OCCC(F)CF)C=CC1. The Morgan fingerprint density at radius 1 is 1.53 bits per heavy atom. The third-order valence-corrected chi connectivity index (χ3v) is 2.18. The van der Waals surface area contributed by atoms with E-state index in [4.69, 9.17) is 4.74 Å². The first kappa shape index (κ1) is 13.5. The number of allylic oxidation sites excluding steroid dienone is 5. The number of carbonyl (C=O) groups is 1. The van der Waals surface area contributed by atoms with Crippen molar-refractivity contribution >= 4 is 6.29 Å². The lowest BCUT2D eigenvalue weighted by Crippen LogP contribution is -2.07. The maximum Gasteiger partial charge on any atom is 0.165 e. The average molecular weight is 246 g/mol. The highest BCUT2D eigenvalue weighted by Gasteiger charge is 2.10. The summed E-state index contributed by atoms with van der Waals surface area (Å²) >= 11 is 0. The molecular formula is C12H13F3O2. The summed E-state index contributed by atoms with van der Waals surface area (Å²) in [5.74, 6) is -0.746. The summed E-state index contributed by atoms with van der Waals surface area (Å²) < 4.78 is 42.8. The molecule has 17 heavy (non-hydrogen) atoms. The van der Waals surface area contributed by atoms with Crippen LogP contribution in [-0.4, -0.2) is 25.7 Å². The molecule has 0 aliphatic heterocycles. The molecule has 1 rings (SSSR count). The van der Waals surface area contributed by atoms with Crippen molar-refractivity contribution in [2.75, 3.05) is 13.3 Å². The predicted molar refractivity (Wildman–Crippen MR) is 57.5 cm³/mol. The molecule has 0 radical (unpaired) electrons. The van der Waals surface area contributed by atoms with Gasteiger partial charge in [0.15, 0.2) is 11.6 Å². The van der Waals surface area contributed by atoms with Crippen LogP contribution in [0, 0.1) is 0 Å². The van der Waals surface area contributed by atoms with E-state index in [1.165, 1.54) is 6.08 Å². The molecule has 0 aromatic rings. The van der Waals surface area contributed by atoms with Crippen LogP contribution in [0.15, 0.2) is 35.4 Å². The summed E-state index contributed by atoms with van der Waals surface area (Å²) in [7, 11) is 0. The number of alkyl halides is 2. The number of hydrogen-bond donors (Lipinski definition) is 0. The monoisotopic (exact) mass is 246 g/mol. The maximum atomic E-state index is 13.5. The van der Waals surface area contributed by atoms with E-state index < -0.39 is 18.7 Å². The quantitative estimate of drug-likeness (QED) is 0.673. The second-order valence-electron chi connectivity index (χ2n) is 3.54. The van der Waals surface area contributed by atoms with Crippen molar-refractivity contribution in [1.82, 2.24) is 0 Å². The highest BCUT2D eigenvalue weighted by molar-refractivity contribution is 5.75. The molecule has 0 aromatic carbocycles. The molecule has 0 saturated carbocycles. The van der Waals surface area contributed by atoms with E-state index >= 15 is 0 Å². The molecule has 0 heterocycles. The molecule has 0 spiro atoms. The standard InChI is InChI=1S/C12H13F3O2/c13-7-10(14)4-5-17-12-3-1-2-9(8-16)6-11(12)15/h1,3,6,8,10H,2,4-5,7H2. The van der Waals surface area contributed by atoms with Gasteiger partial charge in [-0.1, -0.05) is 6.08 Å². The first-order valence-corrected chi connectivity index (χ1v) is 5.22. The molecule has 1 atom stereocenters. The Kier molecular flexibility index (Phi) is 5.52. The van der Waals surface area contributed by atoms with Crippen LogP contribution in [-0.2, 0) is 9.53 Å². The fraction of sp³-hybridized carbons (Fsp3) is 0.417. The fourth-order valence-corrected chi connectivity index (χ4v) is 1.25. The third-order valence-electron chi connectivity index (χ3n) is 2.18. The Balaban J connectivity index is 2.57. The van der Waals surface area contributed by atoms with Crippen molar-refractivity contribution in [3.8, 4) is 0 Å². The van der Waals surface area contributed by atoms with Crippen molar-refractivity contribution in [1.29, 1.82) is 0 Å². The van der Waals surface area contributed by atoms with Gasteiger partial charge in [-0.05, 0) is 24.1 Å². The van der Waals surface area contributed by atoms with Gasteiger partial charge in [-0.25, -0.2) is 13.2 Å². The van der Waals surface area contributed by atoms with Crippen molar-refractivity contribution in [2.24, 2.45) is 0 Å². The average Bonchev–Trinajstić information content (AvgIpc) is 2.51. The second kappa shape index (κ2) is 6.93. The minimum absolute atomic E-state index is 0.0621. The van der Waals surface area contributed by atoms with Crippen molar-refractivity contribution in [3.63, 3.8) is 0 Å². The Hall–Kier alpha value is -1.52. The minimum atomic E-state index is -1.59. The number of hydrogen-bond acceptors (Lipinski definition) is 2. The number of rotatable bonds is 6. The summed E-state index contributed by atoms with van der Waals surface area (Å²) in [6.45, 7) is -1.18. The summed E-state index contributed by atoms with van der Waals surface area (Å²) in [4.78, 5) is 10.5. The first-order chi connectivity index (χ1) is 8.17. The number of halogens is 3. The van der Waals surface area contributed by atoms with Crippen LogP contribution < -0.4 is 0 Å². The molecule has 94 valence electrons. The number of carbonyl (C=O) groups excluding carboxylic acids is 1. The fourth-order valence-electron chi connectivity index (χ4n) is 1.25. The Morgan fingerprint density at radius 2 is 2.29 bits per heavy atom. The number of ether oxygens (including phenoxy) is 1. The molecule has 2 nitrogen and oxygen atoms in total. The van der Waals surface area contributed by atoms with Gasteiger partial charge in [0.05, 0.1) is 6.61 Å². The smallest absolute Gasteiger partial charge is 0.165 e. The molecule has 0 fully saturated rings. The van der Waals surface area contributed by atoms with E-state index in [9.17, 15) is 18.0 Å². The van der Waals surface area contributed by atoms with Crippen LogP contribution >= 0.6 is 0 Å². The highest BCUT2D eigenvalue weighted by Crippen LogP contribution is 2.19. The number of aldehydes is 1. The van der Waals surface area contributed by atoms with Gasteiger partial charge in [0.1, 0.15) is 19.1 Å². The summed E-state index contributed by atoms with van der Waals surface area (Å²) in [6.07, 6.45) is 3.19. The van der Waals surface area contributed by atoms with Crippen molar-refractivity contribution < 1.29 is 22.7 Å². The zero-order valence-corrected chi connectivity index (χ0v) is 9.17. The minimum Gasteiger partial charge on any atom is -0.490 e. The van der Waals surface area contributed by atoms with E-state index in [0.717, 1.165) is 6.08 Å². The molecule has 0 N–H and O–H groups in total. The zero-order chi connectivity index (χ0) is 12.7. The van der Waals surface area contributed by atoms with E-state index in [2.05, 4.69) is 0 Å². The largest absolute Gasteiger partial charge is 0.490 e. The van der Waals surface area contributed by atoms with Crippen molar-refractivity contribution in [2.45, 2.75) is 19.0 Å². The highest BCUT2D eigenvalue weighted by atomic mass is 19.2. The van der Waals surface area contributed by atoms with Gasteiger partial charge in [-0.15, -0.1) is 0 Å². The van der Waals surface area contributed by atoms with Gasteiger partial charge < -0.3 is 4.74 Å². The molecule has 5 heteroatoms. The van der Waals surface area contributed by atoms with Crippen LogP contribution in [0.5, 0.6) is 0 Å². The first-order valence-electron chi connectivity index (χ1n) is 5.22. The molecule has 1 aliphatic rings. The molecule has 0 aromatic heterocycles. The third kappa shape index (κ3) is 4.46. The van der Waals surface area contributed by atoms with Gasteiger partial charge in [0.25, 0.3) is 0 Å². The topological polar surface area (TPSA) is 26.3 Å². The van der Waals surface area contributed by atoms with Gasteiger partial charge in [-0.2, -0.15) is 0 Å². The lowest BCUT2D eigenvalue weighted by Gasteiger charge is -2.07. The Bertz CT molecular complexity index is 359. The summed E-state index contributed by atoms with van der Waals surface area (Å²) in [5, 5.41) is 0. The van der Waals surface area contributed by atoms with Gasteiger partial charge in [0, 0.05) is 6.42 Å². The summed E-state index contributed by atoms with van der Waals surface area (Å²) in [6, 6.07) is 0. The van der Waals surface area contributed by atoms with Crippen LogP contribution in [0.2, 0.25) is 0 Å². The van der Waals surface area contributed by atoms with Crippen LogP contribution in [0.1, 0.15) is 12.8 Å². The lowest BCUT2D eigenvalue weighted by molar-refractivity contribution is -0.105. The summed E-state index contributed by atoms with van der Waals surface area (Å²) in [5.41, 5.74) is 0.296. The van der Waals surface area contributed by atoms with Crippen LogP contribution in [0.3, 0.4) is 0 Å². The van der Waals surface area contributed by atoms with Crippen LogP contribution in [0.4, 0.5) is 13.2 Å². The van der Waals surface area contributed by atoms with Gasteiger partial charge >= 0.3 is 0 Å². The zero-order valence-electron chi connectivity index (χ0n) is 9.17. The van der Waals surface area contributed by atoms with E-state index in [1.807, 2.05) is 0 Å². The maximum absolute atomic E-state index is 13.5. The molecule has 1 unspecified atom stereocenters. The van der Waals surface area contributed by atoms with Gasteiger partial charge in [0.2, 0.25) is 0 Å². The molecule has 0 saturated heterocycles. The molecule has 0 amide bonds. The molecule has 1 aliphatic carbocycles. The van der Waals surface area contributed by atoms with Crippen molar-refractivity contribution in [3.05, 3.63) is 35.4 Å². The van der Waals surface area contributed by atoms with E-state index in [-0.39, 0.29) is 18.8 Å². The molecule has 0 bridgehead atoms. The van der Waals surface area contributed by atoms with E-state index in [1.54, 1.807) is 6.08 Å². The normalized spacial score (nSPS) is 17.5. The van der Waals surface area contributed by atoms with Gasteiger partial charge in [-0.3, -0.25) is 4.79 Å². The lowest BCUT2D eigenvalue weighted by atomic mass is 10.2. The van der Waals surface area contributed by atoms with Crippen LogP contribution in [0.25, 0.3) is 0 Å². The second-order valence-corrected chi connectivity index (χ2v) is 3.54. The predicted octanol–water partition coefficient (Wildman–Crippen LogP) is 2.97. The molecular weight excluding hydrogens is 233 g/mol. The Labute approximate surface area is 97.5 Å². The van der Waals surface area contributed by atoms with E-state index in [0.29, 0.717) is 18.3 Å².